The van der Waals surface area contributed by atoms with Gasteiger partial charge in [-0.3, -0.25) is 0 Å². The average molecular weight is 284 g/mol. The van der Waals surface area contributed by atoms with Gasteiger partial charge in [0.25, 0.3) is 0 Å². The number of aryl methyl sites for hydroxylation is 1. The molecule has 1 atom stereocenters. The maximum Gasteiger partial charge on any atom is 0.337 e. The summed E-state index contributed by atoms with van der Waals surface area (Å²) < 4.78 is 0. The van der Waals surface area contributed by atoms with Crippen molar-refractivity contribution >= 4 is 17.3 Å². The second-order valence-corrected chi connectivity index (χ2v) is 5.08. The van der Waals surface area contributed by atoms with Crippen LogP contribution in [0.1, 0.15) is 40.9 Å². The number of carboxylic acid groups (broad SMARTS) is 1. The number of aromatic carboxylic acids is 1. The number of nitrogen functional groups attached to an aromatic ring is 1. The molecule has 4 heteroatoms. The van der Waals surface area contributed by atoms with Gasteiger partial charge in [-0.1, -0.05) is 37.3 Å². The van der Waals surface area contributed by atoms with E-state index in [0.717, 1.165) is 17.7 Å². The highest BCUT2D eigenvalue weighted by Crippen LogP contribution is 2.27. The molecule has 21 heavy (non-hydrogen) atoms. The van der Waals surface area contributed by atoms with Crippen molar-refractivity contribution in [3.05, 3.63) is 59.2 Å². The first-order chi connectivity index (χ1) is 10.0. The van der Waals surface area contributed by atoms with Crippen LogP contribution in [0.3, 0.4) is 0 Å². The quantitative estimate of drug-likeness (QED) is 0.729. The number of anilines is 2. The highest BCUT2D eigenvalue weighted by molar-refractivity contribution is 5.95. The van der Waals surface area contributed by atoms with E-state index in [1.54, 1.807) is 6.07 Å². The van der Waals surface area contributed by atoms with E-state index in [2.05, 4.69) is 24.4 Å². The number of hydrogen-bond acceptors (Lipinski definition) is 3. The molecule has 0 bridgehead atoms. The third-order valence-electron chi connectivity index (χ3n) is 3.57. The van der Waals surface area contributed by atoms with Crippen LogP contribution in [-0.4, -0.2) is 11.1 Å². The molecule has 0 heterocycles. The maximum absolute atomic E-state index is 11.2. The molecule has 0 saturated carbocycles. The molecular weight excluding hydrogens is 264 g/mol. The first-order valence-corrected chi connectivity index (χ1v) is 6.97. The van der Waals surface area contributed by atoms with Crippen molar-refractivity contribution < 1.29 is 9.90 Å². The molecule has 1 unspecified atom stereocenters. The van der Waals surface area contributed by atoms with Crippen molar-refractivity contribution in [1.82, 2.24) is 0 Å². The van der Waals surface area contributed by atoms with Gasteiger partial charge >= 0.3 is 5.97 Å². The van der Waals surface area contributed by atoms with Crippen LogP contribution in [-0.2, 0) is 0 Å². The van der Waals surface area contributed by atoms with Gasteiger partial charge in [0.15, 0.2) is 0 Å². The van der Waals surface area contributed by atoms with Crippen molar-refractivity contribution in [2.45, 2.75) is 26.3 Å². The van der Waals surface area contributed by atoms with Gasteiger partial charge in [0.1, 0.15) is 0 Å². The molecule has 0 fully saturated rings. The molecule has 0 aliphatic rings. The number of hydrogen-bond donors (Lipinski definition) is 3. The first-order valence-electron chi connectivity index (χ1n) is 6.97. The van der Waals surface area contributed by atoms with E-state index in [1.807, 2.05) is 31.2 Å². The van der Waals surface area contributed by atoms with Crippen LogP contribution in [0.25, 0.3) is 0 Å². The summed E-state index contributed by atoms with van der Waals surface area (Å²) in [7, 11) is 0. The average Bonchev–Trinajstić information content (AvgIpc) is 2.48. The minimum absolute atomic E-state index is 0.135. The smallest absolute Gasteiger partial charge is 0.337 e. The summed E-state index contributed by atoms with van der Waals surface area (Å²) in [4.78, 5) is 11.2. The molecule has 0 saturated heterocycles. The van der Waals surface area contributed by atoms with Gasteiger partial charge in [-0.15, -0.1) is 0 Å². The van der Waals surface area contributed by atoms with Crippen LogP contribution in [0.4, 0.5) is 11.4 Å². The molecule has 0 aliphatic carbocycles. The molecule has 0 spiro atoms. The molecule has 0 aliphatic heterocycles. The van der Waals surface area contributed by atoms with Crippen LogP contribution in [0, 0.1) is 6.92 Å². The third-order valence-corrected chi connectivity index (χ3v) is 3.57. The maximum atomic E-state index is 11.2. The molecule has 4 N–H and O–H groups in total. The fourth-order valence-corrected chi connectivity index (χ4v) is 2.37. The minimum atomic E-state index is -1.01. The highest BCUT2D eigenvalue weighted by atomic mass is 16.4. The highest BCUT2D eigenvalue weighted by Gasteiger charge is 2.14. The van der Waals surface area contributed by atoms with E-state index < -0.39 is 5.97 Å². The Labute approximate surface area is 124 Å². The van der Waals surface area contributed by atoms with Gasteiger partial charge in [0.2, 0.25) is 0 Å². The molecule has 2 aromatic rings. The van der Waals surface area contributed by atoms with Crippen molar-refractivity contribution in [1.29, 1.82) is 0 Å². The Morgan fingerprint density at radius 2 is 1.95 bits per heavy atom. The standard InChI is InChI=1S/C17H20N2O2/c1-3-15(12-7-5-4-6-8-12)19-13-9-11(2)16(18)14(10-13)17(20)21/h4-10,15,19H,3,18H2,1-2H3,(H,20,21). The van der Waals surface area contributed by atoms with Crippen molar-refractivity contribution in [2.75, 3.05) is 11.1 Å². The van der Waals surface area contributed by atoms with Crippen molar-refractivity contribution in [2.24, 2.45) is 0 Å². The number of benzene rings is 2. The van der Waals surface area contributed by atoms with Crippen LogP contribution >= 0.6 is 0 Å². The number of nitrogens with one attached hydrogen (secondary N) is 1. The Balaban J connectivity index is 2.32. The first kappa shape index (κ1) is 14.9. The monoisotopic (exact) mass is 284 g/mol. The zero-order valence-electron chi connectivity index (χ0n) is 12.3. The summed E-state index contributed by atoms with van der Waals surface area (Å²) in [6.07, 6.45) is 0.899. The number of carboxylic acids is 1. The Kier molecular flexibility index (Phi) is 4.48. The second-order valence-electron chi connectivity index (χ2n) is 5.08. The lowest BCUT2D eigenvalue weighted by Gasteiger charge is -2.20. The lowest BCUT2D eigenvalue weighted by Crippen LogP contribution is -2.12. The number of nitrogens with two attached hydrogens (primary N) is 1. The van der Waals surface area contributed by atoms with Crippen molar-refractivity contribution in [3.63, 3.8) is 0 Å². The lowest BCUT2D eigenvalue weighted by molar-refractivity contribution is 0.0698. The third kappa shape index (κ3) is 3.34. The minimum Gasteiger partial charge on any atom is -0.478 e. The lowest BCUT2D eigenvalue weighted by atomic mass is 10.0. The van der Waals surface area contributed by atoms with Gasteiger partial charge in [-0.25, -0.2) is 4.79 Å². The van der Waals surface area contributed by atoms with E-state index >= 15 is 0 Å². The fourth-order valence-electron chi connectivity index (χ4n) is 2.37. The fraction of sp³-hybridized carbons (Fsp3) is 0.235. The van der Waals surface area contributed by atoms with E-state index in [1.165, 1.54) is 5.56 Å². The van der Waals surface area contributed by atoms with Crippen molar-refractivity contribution in [3.8, 4) is 0 Å². The van der Waals surface area contributed by atoms with E-state index in [-0.39, 0.29) is 11.6 Å². The second kappa shape index (κ2) is 6.31. The van der Waals surface area contributed by atoms with Crippen LogP contribution in [0.2, 0.25) is 0 Å². The van der Waals surface area contributed by atoms with Gasteiger partial charge in [-0.2, -0.15) is 0 Å². The van der Waals surface area contributed by atoms with Crippen LogP contribution in [0.15, 0.2) is 42.5 Å². The summed E-state index contributed by atoms with van der Waals surface area (Å²) in [6.45, 7) is 3.91. The zero-order chi connectivity index (χ0) is 15.4. The Hall–Kier alpha value is -2.49. The molecular formula is C17H20N2O2. The van der Waals surface area contributed by atoms with E-state index in [0.29, 0.717) is 5.69 Å². The molecule has 110 valence electrons. The molecule has 4 nitrogen and oxygen atoms in total. The van der Waals surface area contributed by atoms with Gasteiger partial charge < -0.3 is 16.2 Å². The zero-order valence-corrected chi connectivity index (χ0v) is 12.3. The molecule has 2 aromatic carbocycles. The number of rotatable bonds is 5. The van der Waals surface area contributed by atoms with Gasteiger partial charge in [0, 0.05) is 11.4 Å². The predicted molar refractivity (Wildman–Crippen MR) is 85.6 cm³/mol. The molecule has 0 amide bonds. The van der Waals surface area contributed by atoms with Crippen LogP contribution < -0.4 is 11.1 Å². The molecule has 0 radical (unpaired) electrons. The Morgan fingerprint density at radius 3 is 2.52 bits per heavy atom. The Bertz CT molecular complexity index is 639. The Morgan fingerprint density at radius 1 is 1.29 bits per heavy atom. The molecule has 2 rings (SSSR count). The van der Waals surface area contributed by atoms with Gasteiger partial charge in [0.05, 0.1) is 11.6 Å². The summed E-state index contributed by atoms with van der Waals surface area (Å²) >= 11 is 0. The number of carbonyl (C=O) groups is 1. The summed E-state index contributed by atoms with van der Waals surface area (Å²) in [6, 6.07) is 13.7. The predicted octanol–water partition coefficient (Wildman–Crippen LogP) is 3.84. The van der Waals surface area contributed by atoms with Gasteiger partial charge in [-0.05, 0) is 36.6 Å². The molecule has 0 aromatic heterocycles. The topological polar surface area (TPSA) is 75.3 Å². The van der Waals surface area contributed by atoms with Crippen LogP contribution in [0.5, 0.6) is 0 Å². The normalized spacial score (nSPS) is 11.9. The SMILES string of the molecule is CCC(Nc1cc(C)c(N)c(C(=O)O)c1)c1ccccc1. The summed E-state index contributed by atoms with van der Waals surface area (Å²) in [5.41, 5.74) is 8.99. The largest absolute Gasteiger partial charge is 0.478 e. The summed E-state index contributed by atoms with van der Waals surface area (Å²) in [5.74, 6) is -1.01. The summed E-state index contributed by atoms with van der Waals surface area (Å²) in [5, 5.41) is 12.6. The van der Waals surface area contributed by atoms with E-state index in [4.69, 9.17) is 5.73 Å². The van der Waals surface area contributed by atoms with E-state index in [9.17, 15) is 9.90 Å².